The molecule has 9 atom stereocenters. The first kappa shape index (κ1) is 20.2. The summed E-state index contributed by atoms with van der Waals surface area (Å²) >= 11 is 3.95. The van der Waals surface area contributed by atoms with Crippen molar-refractivity contribution in [2.75, 3.05) is 19.8 Å². The van der Waals surface area contributed by atoms with E-state index in [2.05, 4.69) is 12.6 Å². The summed E-state index contributed by atoms with van der Waals surface area (Å²) < 4.78 is 15.6. The zero-order chi connectivity index (χ0) is 18.3. The molecule has 0 aromatic carbocycles. The topological polar surface area (TPSA) is 190 Å². The second-order valence-electron chi connectivity index (χ2n) is 5.74. The molecule has 2 aliphatic heterocycles. The first-order chi connectivity index (χ1) is 11.2. The molecule has 0 aromatic rings. The Morgan fingerprint density at radius 1 is 0.792 bits per heavy atom. The van der Waals surface area contributed by atoms with Gasteiger partial charge in [0.25, 0.3) is 0 Å². The van der Waals surface area contributed by atoms with Gasteiger partial charge in [-0.15, -0.1) is 12.6 Å². The van der Waals surface area contributed by atoms with Crippen LogP contribution in [0.4, 0.5) is 0 Å². The maximum Gasteiger partial charge on any atom is 0.248 e. The van der Waals surface area contributed by atoms with Crippen LogP contribution in [0, 0.1) is 0 Å². The minimum Gasteiger partial charge on any atom is -0.394 e. The summed E-state index contributed by atoms with van der Waals surface area (Å²) in [6.07, 6.45) is -11.6. The van der Waals surface area contributed by atoms with E-state index in [1.807, 2.05) is 0 Å². The van der Waals surface area contributed by atoms with Crippen LogP contribution >= 0.6 is 12.6 Å². The highest BCUT2D eigenvalue weighted by molar-refractivity contribution is 7.81. The smallest absolute Gasteiger partial charge is 0.248 e. The molecule has 0 amide bonds. The van der Waals surface area contributed by atoms with Gasteiger partial charge in [-0.3, -0.25) is 0 Å². The molecular weight excluding hydrogens is 352 g/mol. The number of aliphatic hydroxyl groups is 8. The van der Waals surface area contributed by atoms with E-state index in [1.165, 1.54) is 0 Å². The molecule has 2 heterocycles. The van der Waals surface area contributed by atoms with Crippen molar-refractivity contribution in [3.05, 3.63) is 0 Å². The van der Waals surface area contributed by atoms with Crippen molar-refractivity contribution in [3.63, 3.8) is 0 Å². The van der Waals surface area contributed by atoms with Gasteiger partial charge in [0.1, 0.15) is 49.3 Å². The largest absolute Gasteiger partial charge is 0.394 e. The van der Waals surface area contributed by atoms with Gasteiger partial charge in [0.2, 0.25) is 10.9 Å². The molecule has 2 fully saturated rings. The van der Waals surface area contributed by atoms with Gasteiger partial charge in [-0.2, -0.15) is 0 Å². The fourth-order valence-electron chi connectivity index (χ4n) is 2.71. The monoisotopic (exact) mass is 374 g/mol. The van der Waals surface area contributed by atoms with Gasteiger partial charge in [-0.25, -0.2) is 0 Å². The summed E-state index contributed by atoms with van der Waals surface area (Å²) in [6, 6.07) is 0. The second-order valence-corrected chi connectivity index (χ2v) is 6.37. The van der Waals surface area contributed by atoms with Crippen molar-refractivity contribution >= 4 is 12.6 Å². The minimum atomic E-state index is -2.42. The Bertz CT molecular complexity index is 439. The van der Waals surface area contributed by atoms with Gasteiger partial charge in [-0.05, 0) is 0 Å². The number of aliphatic hydroxyl groups excluding tert-OH is 8. The van der Waals surface area contributed by atoms with E-state index in [-0.39, 0.29) is 0 Å². The molecule has 11 nitrogen and oxygen atoms in total. The van der Waals surface area contributed by atoms with Gasteiger partial charge in [-0.1, -0.05) is 0 Å². The van der Waals surface area contributed by atoms with Crippen molar-refractivity contribution in [2.45, 2.75) is 53.6 Å². The average molecular weight is 374 g/mol. The Morgan fingerprint density at radius 3 is 1.79 bits per heavy atom. The van der Waals surface area contributed by atoms with E-state index < -0.39 is 73.5 Å². The van der Waals surface area contributed by atoms with Crippen molar-refractivity contribution in [2.24, 2.45) is 0 Å². The third-order valence-corrected chi connectivity index (χ3v) is 4.61. The van der Waals surface area contributed by atoms with Crippen molar-refractivity contribution < 1.29 is 55.1 Å². The zero-order valence-electron chi connectivity index (χ0n) is 12.4. The zero-order valence-corrected chi connectivity index (χ0v) is 13.3. The minimum absolute atomic E-state index is 0.701. The van der Waals surface area contributed by atoms with E-state index in [4.69, 9.17) is 19.3 Å². The SMILES string of the molecule is OC[C@H]1OC(CO)(O[C@]2(S)O[C@H](CO)[C@@H](O)[C@H](O)[C@H]2O)[C@@H](O)[C@@H]1O. The quantitative estimate of drug-likeness (QED) is 0.165. The van der Waals surface area contributed by atoms with Crippen LogP contribution in [0.15, 0.2) is 0 Å². The maximum atomic E-state index is 10.1. The van der Waals surface area contributed by atoms with Crippen LogP contribution in [0.5, 0.6) is 0 Å². The summed E-state index contributed by atoms with van der Waals surface area (Å²) in [7, 11) is 0. The Labute approximate surface area is 142 Å². The fourth-order valence-corrected chi connectivity index (χ4v) is 3.15. The van der Waals surface area contributed by atoms with Crippen LogP contribution in [0.1, 0.15) is 0 Å². The lowest BCUT2D eigenvalue weighted by Gasteiger charge is -2.48. The molecule has 24 heavy (non-hydrogen) atoms. The molecule has 8 N–H and O–H groups in total. The molecule has 0 aromatic heterocycles. The molecule has 0 bridgehead atoms. The highest BCUT2D eigenvalue weighted by atomic mass is 32.1. The van der Waals surface area contributed by atoms with E-state index in [1.54, 1.807) is 0 Å². The molecule has 0 aliphatic carbocycles. The standard InChI is InChI=1S/C12H22O11S/c13-1-4-6(16)8(18)10(20)12(24,22-4)23-11(3-15)9(19)7(17)5(2-14)21-11/h4-10,13-20,24H,1-3H2/t4-,5-,6-,7-,8+,9+,10-,11?,12-/m1/s1. The highest BCUT2D eigenvalue weighted by Gasteiger charge is 2.62. The number of hydrogen-bond donors (Lipinski definition) is 9. The highest BCUT2D eigenvalue weighted by Crippen LogP contribution is 2.42. The van der Waals surface area contributed by atoms with Crippen LogP contribution in [-0.4, -0.2) is 114 Å². The molecule has 0 radical (unpaired) electrons. The lowest BCUT2D eigenvalue weighted by molar-refractivity contribution is -0.398. The lowest BCUT2D eigenvalue weighted by Crippen LogP contribution is -2.67. The van der Waals surface area contributed by atoms with Crippen molar-refractivity contribution in [1.29, 1.82) is 0 Å². The van der Waals surface area contributed by atoms with Crippen molar-refractivity contribution in [3.8, 4) is 0 Å². The number of rotatable bonds is 5. The Balaban J connectivity index is 2.29. The van der Waals surface area contributed by atoms with Crippen LogP contribution in [0.25, 0.3) is 0 Å². The molecule has 12 heteroatoms. The van der Waals surface area contributed by atoms with Gasteiger partial charge >= 0.3 is 0 Å². The predicted molar refractivity (Wildman–Crippen MR) is 76.6 cm³/mol. The van der Waals surface area contributed by atoms with Crippen molar-refractivity contribution in [1.82, 2.24) is 0 Å². The lowest BCUT2D eigenvalue weighted by atomic mass is 9.98. The number of hydrogen-bond acceptors (Lipinski definition) is 12. The summed E-state index contributed by atoms with van der Waals surface area (Å²) in [5.41, 5.74) is 0. The summed E-state index contributed by atoms with van der Waals surface area (Å²) in [5.74, 6) is -2.34. The van der Waals surface area contributed by atoms with E-state index >= 15 is 0 Å². The average Bonchev–Trinajstić information content (AvgIpc) is 2.81. The summed E-state index contributed by atoms with van der Waals surface area (Å²) in [6.45, 7) is -2.48. The van der Waals surface area contributed by atoms with Gasteiger partial charge < -0.3 is 55.1 Å². The molecule has 1 unspecified atom stereocenters. The Morgan fingerprint density at radius 2 is 1.33 bits per heavy atom. The van der Waals surface area contributed by atoms with Gasteiger partial charge in [0, 0.05) is 0 Å². The molecular formula is C12H22O11S. The van der Waals surface area contributed by atoms with E-state index in [0.717, 1.165) is 0 Å². The van der Waals surface area contributed by atoms with E-state index in [0.29, 0.717) is 0 Å². The molecule has 142 valence electrons. The first-order valence-corrected chi connectivity index (χ1v) is 7.61. The Hall–Kier alpha value is -0.0900. The molecule has 2 rings (SSSR count). The second kappa shape index (κ2) is 7.26. The number of thiol groups is 1. The third-order valence-electron chi connectivity index (χ3n) is 4.15. The van der Waals surface area contributed by atoms with Crippen LogP contribution in [0.2, 0.25) is 0 Å². The summed E-state index contributed by atoms with van der Waals surface area (Å²) in [4.78, 5) is 0. The predicted octanol–water partition coefficient (Wildman–Crippen LogP) is -5.14. The van der Waals surface area contributed by atoms with Gasteiger partial charge in [0.05, 0.1) is 13.2 Å². The maximum absolute atomic E-state index is 10.1. The number of ether oxygens (including phenoxy) is 3. The van der Waals surface area contributed by atoms with Crippen LogP contribution in [-0.2, 0) is 14.2 Å². The molecule has 0 saturated carbocycles. The van der Waals surface area contributed by atoms with Crippen LogP contribution in [0.3, 0.4) is 0 Å². The summed E-state index contributed by atoms with van der Waals surface area (Å²) in [5, 5.41) is 75.0. The first-order valence-electron chi connectivity index (χ1n) is 7.17. The van der Waals surface area contributed by atoms with Crippen LogP contribution < -0.4 is 0 Å². The normalized spacial score (nSPS) is 52.6. The van der Waals surface area contributed by atoms with E-state index in [9.17, 15) is 35.7 Å². The molecule has 2 saturated heterocycles. The van der Waals surface area contributed by atoms with Gasteiger partial charge in [0.15, 0.2) is 0 Å². The fraction of sp³-hybridized carbons (Fsp3) is 1.00. The molecule has 0 spiro atoms. The third kappa shape index (κ3) is 3.18. The Kier molecular flexibility index (Phi) is 6.12. The molecule has 2 aliphatic rings.